The second kappa shape index (κ2) is 8.31. The van der Waals surface area contributed by atoms with Crippen LogP contribution in [-0.2, 0) is 9.59 Å². The standard InChI is InChI=1S/C15H30N2O2/c1-7-10-12(17-15(4,5)6)13(18)14(19)16-11(8-2)9-3/h11-12,17H,7-10H2,1-6H3,(H,16,19). The highest BCUT2D eigenvalue weighted by atomic mass is 16.2. The molecule has 0 aromatic heterocycles. The van der Waals surface area contributed by atoms with E-state index in [0.29, 0.717) is 6.42 Å². The Hall–Kier alpha value is -0.900. The van der Waals surface area contributed by atoms with Crippen molar-refractivity contribution in [2.24, 2.45) is 0 Å². The van der Waals surface area contributed by atoms with Crippen molar-refractivity contribution in [1.29, 1.82) is 0 Å². The van der Waals surface area contributed by atoms with Crippen LogP contribution in [0.15, 0.2) is 0 Å². The Bertz CT molecular complexity index is 291. The Balaban J connectivity index is 4.66. The van der Waals surface area contributed by atoms with Crippen molar-refractivity contribution >= 4 is 11.7 Å². The summed E-state index contributed by atoms with van der Waals surface area (Å²) in [5.74, 6) is -0.799. The summed E-state index contributed by atoms with van der Waals surface area (Å²) >= 11 is 0. The minimum atomic E-state index is -0.455. The number of carbonyl (C=O) groups excluding carboxylic acids is 2. The van der Waals surface area contributed by atoms with Crippen molar-refractivity contribution < 1.29 is 9.59 Å². The molecule has 0 aliphatic rings. The number of hydrogen-bond donors (Lipinski definition) is 2. The van der Waals surface area contributed by atoms with Crippen LogP contribution in [0.3, 0.4) is 0 Å². The lowest BCUT2D eigenvalue weighted by Gasteiger charge is -2.27. The molecule has 0 aliphatic heterocycles. The van der Waals surface area contributed by atoms with E-state index in [9.17, 15) is 9.59 Å². The molecule has 0 aromatic carbocycles. The molecule has 0 fully saturated rings. The van der Waals surface area contributed by atoms with E-state index >= 15 is 0 Å². The van der Waals surface area contributed by atoms with Gasteiger partial charge in [0.05, 0.1) is 6.04 Å². The van der Waals surface area contributed by atoms with Crippen LogP contribution >= 0.6 is 0 Å². The first-order valence-electron chi connectivity index (χ1n) is 7.37. The zero-order valence-electron chi connectivity index (χ0n) is 13.3. The van der Waals surface area contributed by atoms with E-state index in [1.165, 1.54) is 0 Å². The predicted octanol–water partition coefficient (Wildman–Crippen LogP) is 2.42. The number of hydrogen-bond acceptors (Lipinski definition) is 3. The van der Waals surface area contributed by atoms with Crippen molar-refractivity contribution in [3.63, 3.8) is 0 Å². The molecule has 4 heteroatoms. The third-order valence-electron chi connectivity index (χ3n) is 3.05. The van der Waals surface area contributed by atoms with Gasteiger partial charge in [-0.1, -0.05) is 27.2 Å². The lowest BCUT2D eigenvalue weighted by Crippen LogP contribution is -2.53. The monoisotopic (exact) mass is 270 g/mol. The molecule has 0 spiro atoms. The van der Waals surface area contributed by atoms with Gasteiger partial charge >= 0.3 is 0 Å². The van der Waals surface area contributed by atoms with Crippen LogP contribution < -0.4 is 10.6 Å². The fourth-order valence-electron chi connectivity index (χ4n) is 1.99. The van der Waals surface area contributed by atoms with E-state index in [1.54, 1.807) is 0 Å². The van der Waals surface area contributed by atoms with Crippen LogP contribution in [0.25, 0.3) is 0 Å². The normalized spacial score (nSPS) is 13.4. The average Bonchev–Trinajstić information content (AvgIpc) is 2.32. The quantitative estimate of drug-likeness (QED) is 0.666. The summed E-state index contributed by atoms with van der Waals surface area (Å²) in [5.41, 5.74) is -0.176. The summed E-state index contributed by atoms with van der Waals surface area (Å²) in [6.45, 7) is 12.0. The van der Waals surface area contributed by atoms with Gasteiger partial charge in [-0.2, -0.15) is 0 Å². The van der Waals surface area contributed by atoms with Crippen LogP contribution in [0.5, 0.6) is 0 Å². The van der Waals surface area contributed by atoms with Crippen LogP contribution in [-0.4, -0.2) is 29.3 Å². The molecule has 1 amide bonds. The fourth-order valence-corrected chi connectivity index (χ4v) is 1.99. The first-order valence-corrected chi connectivity index (χ1v) is 7.37. The van der Waals surface area contributed by atoms with Gasteiger partial charge < -0.3 is 10.6 Å². The number of rotatable bonds is 8. The maximum atomic E-state index is 12.2. The first-order chi connectivity index (χ1) is 8.75. The summed E-state index contributed by atoms with van der Waals surface area (Å²) < 4.78 is 0. The zero-order valence-corrected chi connectivity index (χ0v) is 13.3. The van der Waals surface area contributed by atoms with Gasteiger partial charge in [0.15, 0.2) is 0 Å². The maximum absolute atomic E-state index is 12.2. The van der Waals surface area contributed by atoms with Crippen LogP contribution in [0, 0.1) is 0 Å². The van der Waals surface area contributed by atoms with Gasteiger partial charge in [0.1, 0.15) is 0 Å². The smallest absolute Gasteiger partial charge is 0.289 e. The third kappa shape index (κ3) is 7.31. The molecule has 0 aromatic rings. The second-order valence-electron chi connectivity index (χ2n) is 6.09. The van der Waals surface area contributed by atoms with Gasteiger partial charge in [0, 0.05) is 11.6 Å². The Morgan fingerprint density at radius 2 is 1.58 bits per heavy atom. The van der Waals surface area contributed by atoms with Crippen molar-refractivity contribution in [2.75, 3.05) is 0 Å². The summed E-state index contributed by atoms with van der Waals surface area (Å²) in [6, 6.07) is -0.298. The Morgan fingerprint density at radius 1 is 1.05 bits per heavy atom. The molecule has 0 saturated heterocycles. The maximum Gasteiger partial charge on any atom is 0.289 e. The number of nitrogens with one attached hydrogen (secondary N) is 2. The third-order valence-corrected chi connectivity index (χ3v) is 3.05. The van der Waals surface area contributed by atoms with Crippen molar-refractivity contribution in [3.05, 3.63) is 0 Å². The minimum absolute atomic E-state index is 0.0911. The highest BCUT2D eigenvalue weighted by Gasteiger charge is 2.28. The summed E-state index contributed by atoms with van der Waals surface area (Å²) in [5, 5.41) is 6.05. The zero-order chi connectivity index (χ0) is 15.1. The van der Waals surface area contributed by atoms with Gasteiger partial charge in [-0.3, -0.25) is 9.59 Å². The molecule has 1 unspecified atom stereocenters. The van der Waals surface area contributed by atoms with E-state index in [1.807, 2.05) is 41.5 Å². The van der Waals surface area contributed by atoms with Crippen molar-refractivity contribution in [3.8, 4) is 0 Å². The first kappa shape index (κ1) is 18.1. The molecule has 2 N–H and O–H groups in total. The van der Waals surface area contributed by atoms with E-state index in [0.717, 1.165) is 19.3 Å². The van der Waals surface area contributed by atoms with Crippen molar-refractivity contribution in [1.82, 2.24) is 10.6 Å². The van der Waals surface area contributed by atoms with Gasteiger partial charge in [-0.05, 0) is 40.0 Å². The summed E-state index contributed by atoms with van der Waals surface area (Å²) in [7, 11) is 0. The Labute approximate surface area is 117 Å². The average molecular weight is 270 g/mol. The minimum Gasteiger partial charge on any atom is -0.347 e. The molecular formula is C15H30N2O2. The number of ketones is 1. The number of amides is 1. The van der Waals surface area contributed by atoms with E-state index in [4.69, 9.17) is 0 Å². The van der Waals surface area contributed by atoms with Gasteiger partial charge in [0.25, 0.3) is 5.91 Å². The predicted molar refractivity (Wildman–Crippen MR) is 79.1 cm³/mol. The van der Waals surface area contributed by atoms with Gasteiger partial charge in [-0.15, -0.1) is 0 Å². The molecule has 0 aliphatic carbocycles. The van der Waals surface area contributed by atoms with E-state index in [-0.39, 0.29) is 23.4 Å². The lowest BCUT2D eigenvalue weighted by atomic mass is 10.0. The molecule has 1 atom stereocenters. The molecule has 0 rings (SSSR count). The molecule has 0 heterocycles. The van der Waals surface area contributed by atoms with Crippen LogP contribution in [0.4, 0.5) is 0 Å². The molecule has 112 valence electrons. The number of Topliss-reactive ketones (excluding diaryl/α,β-unsaturated/α-hetero) is 1. The largest absolute Gasteiger partial charge is 0.347 e. The molecular weight excluding hydrogens is 240 g/mol. The highest BCUT2D eigenvalue weighted by molar-refractivity contribution is 6.38. The topological polar surface area (TPSA) is 58.2 Å². The Morgan fingerprint density at radius 3 is 1.95 bits per heavy atom. The molecule has 0 saturated carbocycles. The van der Waals surface area contributed by atoms with Gasteiger partial charge in [-0.25, -0.2) is 0 Å². The fraction of sp³-hybridized carbons (Fsp3) is 0.867. The van der Waals surface area contributed by atoms with Crippen LogP contribution in [0.2, 0.25) is 0 Å². The van der Waals surface area contributed by atoms with Gasteiger partial charge in [0.2, 0.25) is 5.78 Å². The summed E-state index contributed by atoms with van der Waals surface area (Å²) in [4.78, 5) is 24.2. The molecule has 4 nitrogen and oxygen atoms in total. The van der Waals surface area contributed by atoms with Crippen LogP contribution in [0.1, 0.15) is 67.2 Å². The summed E-state index contributed by atoms with van der Waals surface area (Å²) in [6.07, 6.45) is 3.26. The number of carbonyl (C=O) groups is 2. The molecule has 19 heavy (non-hydrogen) atoms. The highest BCUT2D eigenvalue weighted by Crippen LogP contribution is 2.07. The van der Waals surface area contributed by atoms with E-state index in [2.05, 4.69) is 10.6 Å². The molecule has 0 radical (unpaired) electrons. The van der Waals surface area contributed by atoms with E-state index < -0.39 is 5.91 Å². The molecule has 0 bridgehead atoms. The van der Waals surface area contributed by atoms with Crippen molar-refractivity contribution in [2.45, 2.75) is 84.8 Å². The second-order valence-corrected chi connectivity index (χ2v) is 6.09. The lowest BCUT2D eigenvalue weighted by molar-refractivity contribution is -0.140. The SMILES string of the molecule is CCCC(NC(C)(C)C)C(=O)C(=O)NC(CC)CC. The Kier molecular flexibility index (Phi) is 7.91.